The molecule has 3 rings (SSSR count). The summed E-state index contributed by atoms with van der Waals surface area (Å²) in [7, 11) is 0. The highest BCUT2D eigenvalue weighted by Crippen LogP contribution is 2.23. The van der Waals surface area contributed by atoms with Crippen molar-refractivity contribution in [3.63, 3.8) is 0 Å². The van der Waals surface area contributed by atoms with Crippen LogP contribution in [0.4, 0.5) is 5.69 Å². The fraction of sp³-hybridized carbons (Fsp3) is 0.0476. The molecule has 3 nitrogen and oxygen atoms in total. The zero-order valence-corrected chi connectivity index (χ0v) is 14.3. The lowest BCUT2D eigenvalue weighted by atomic mass is 10.2. The van der Waals surface area contributed by atoms with Crippen LogP contribution in [-0.4, -0.2) is 10.9 Å². The number of thioether (sulfide) groups is 1. The van der Waals surface area contributed by atoms with E-state index in [9.17, 15) is 4.79 Å². The minimum absolute atomic E-state index is 0.320. The molecule has 25 heavy (non-hydrogen) atoms. The van der Waals surface area contributed by atoms with Crippen molar-refractivity contribution >= 4 is 23.4 Å². The van der Waals surface area contributed by atoms with E-state index in [1.54, 1.807) is 18.0 Å². The van der Waals surface area contributed by atoms with Gasteiger partial charge in [-0.3, -0.25) is 9.78 Å². The summed E-state index contributed by atoms with van der Waals surface area (Å²) in [6, 6.07) is 21.2. The number of amides is 1. The lowest BCUT2D eigenvalue weighted by molar-refractivity contribution is -0.111. The van der Waals surface area contributed by atoms with Gasteiger partial charge in [-0.1, -0.05) is 30.2 Å². The largest absolute Gasteiger partial charge is 0.315 e. The van der Waals surface area contributed by atoms with Crippen LogP contribution < -0.4 is 5.32 Å². The molecule has 0 aliphatic rings. The fourth-order valence-corrected chi connectivity index (χ4v) is 2.93. The molecule has 0 atom stereocenters. The molecule has 4 heteroatoms. The van der Waals surface area contributed by atoms with Gasteiger partial charge in [0.05, 0.1) is 0 Å². The van der Waals surface area contributed by atoms with Crippen LogP contribution in [0.5, 0.6) is 0 Å². The number of pyridine rings is 1. The monoisotopic (exact) mass is 344 g/mol. The quantitative estimate of drug-likeness (QED) is 0.565. The minimum Gasteiger partial charge on any atom is -0.315 e. The first-order valence-corrected chi connectivity index (χ1v) is 8.78. The first kappa shape index (κ1) is 16.8. The molecule has 0 fully saturated rings. The highest BCUT2D eigenvalue weighted by Gasteiger charge is 2.00. The molecular weight excluding hydrogens is 328 g/mol. The van der Waals surface area contributed by atoms with Crippen LogP contribution in [0.25, 0.3) is 0 Å². The van der Waals surface area contributed by atoms with Gasteiger partial charge in [-0.25, -0.2) is 0 Å². The van der Waals surface area contributed by atoms with Gasteiger partial charge in [0.15, 0.2) is 0 Å². The van der Waals surface area contributed by atoms with Gasteiger partial charge < -0.3 is 5.32 Å². The third-order valence-electron chi connectivity index (χ3n) is 3.33. The van der Waals surface area contributed by atoms with Gasteiger partial charge in [0.25, 0.3) is 0 Å². The van der Waals surface area contributed by atoms with Crippen molar-refractivity contribution in [2.75, 3.05) is 5.32 Å². The molecule has 0 aliphatic heterocycles. The van der Waals surface area contributed by atoms with Crippen LogP contribution in [0.15, 0.2) is 84.0 Å². The number of nitrogens with one attached hydrogen (secondary N) is 1. The Morgan fingerprint density at radius 3 is 2.52 bits per heavy atom. The van der Waals surface area contributed by atoms with Gasteiger partial charge >= 0.3 is 5.91 Å². The molecule has 0 saturated heterocycles. The molecule has 0 unspecified atom stereocenters. The van der Waals surface area contributed by atoms with E-state index in [1.165, 1.54) is 5.56 Å². The second kappa shape index (κ2) is 8.72. The maximum atomic E-state index is 11.9. The average Bonchev–Trinajstić information content (AvgIpc) is 2.67. The molecule has 122 valence electrons. The zero-order valence-electron chi connectivity index (χ0n) is 13.5. The molecule has 0 aliphatic carbocycles. The van der Waals surface area contributed by atoms with Crippen LogP contribution in [-0.2, 0) is 10.5 Å². The third kappa shape index (κ3) is 5.52. The molecule has 1 N–H and O–H groups in total. The SMILES string of the molecule is O=C(C#Cc1ccccc1)Nc1ccc(SCc2cccnc2)cc1. The van der Waals surface area contributed by atoms with Gasteiger partial charge in [0.1, 0.15) is 0 Å². The fourth-order valence-electron chi connectivity index (χ4n) is 2.10. The summed E-state index contributed by atoms with van der Waals surface area (Å²) in [5.74, 6) is 5.98. The Labute approximate surface area is 151 Å². The Kier molecular flexibility index (Phi) is 5.86. The molecule has 2 aromatic carbocycles. The van der Waals surface area contributed by atoms with Crippen LogP contribution in [0, 0.1) is 11.8 Å². The predicted molar refractivity (Wildman–Crippen MR) is 102 cm³/mol. The Morgan fingerprint density at radius 1 is 1.00 bits per heavy atom. The van der Waals surface area contributed by atoms with E-state index in [-0.39, 0.29) is 5.91 Å². The van der Waals surface area contributed by atoms with Crippen LogP contribution >= 0.6 is 11.8 Å². The van der Waals surface area contributed by atoms with Crippen molar-refractivity contribution in [1.29, 1.82) is 0 Å². The molecule has 1 heterocycles. The number of rotatable bonds is 4. The van der Waals surface area contributed by atoms with Crippen molar-refractivity contribution in [1.82, 2.24) is 4.98 Å². The molecule has 3 aromatic rings. The van der Waals surface area contributed by atoms with Crippen molar-refractivity contribution in [2.24, 2.45) is 0 Å². The number of hydrogen-bond acceptors (Lipinski definition) is 3. The van der Waals surface area contributed by atoms with E-state index >= 15 is 0 Å². The number of anilines is 1. The van der Waals surface area contributed by atoms with E-state index in [1.807, 2.05) is 66.9 Å². The number of carbonyl (C=O) groups is 1. The summed E-state index contributed by atoms with van der Waals surface area (Å²) in [6.07, 6.45) is 3.64. The molecule has 0 saturated carbocycles. The van der Waals surface area contributed by atoms with E-state index < -0.39 is 0 Å². The molecule has 0 spiro atoms. The van der Waals surface area contributed by atoms with Gasteiger partial charge in [-0.15, -0.1) is 11.8 Å². The molecule has 0 bridgehead atoms. The molecule has 1 aromatic heterocycles. The summed E-state index contributed by atoms with van der Waals surface area (Å²) in [5, 5.41) is 2.78. The van der Waals surface area contributed by atoms with Gasteiger partial charge in [0.2, 0.25) is 0 Å². The number of benzene rings is 2. The van der Waals surface area contributed by atoms with Gasteiger partial charge in [0, 0.05) is 40.2 Å². The predicted octanol–water partition coefficient (Wildman–Crippen LogP) is 4.36. The summed E-state index contributed by atoms with van der Waals surface area (Å²) < 4.78 is 0. The number of aromatic nitrogens is 1. The Balaban J connectivity index is 1.54. The van der Waals surface area contributed by atoms with Crippen molar-refractivity contribution in [3.8, 4) is 11.8 Å². The summed E-state index contributed by atoms with van der Waals surface area (Å²) >= 11 is 1.73. The van der Waals surface area contributed by atoms with E-state index in [2.05, 4.69) is 28.2 Å². The molecule has 0 radical (unpaired) electrons. The second-order valence-corrected chi connectivity index (χ2v) is 6.29. The molecule has 1 amide bonds. The lowest BCUT2D eigenvalue weighted by Crippen LogP contribution is -2.08. The first-order valence-electron chi connectivity index (χ1n) is 7.79. The van der Waals surface area contributed by atoms with Crippen LogP contribution in [0.1, 0.15) is 11.1 Å². The Morgan fingerprint density at radius 2 is 1.80 bits per heavy atom. The van der Waals surface area contributed by atoms with Crippen LogP contribution in [0.2, 0.25) is 0 Å². The smallest absolute Gasteiger partial charge is 0.300 e. The maximum absolute atomic E-state index is 11.9. The van der Waals surface area contributed by atoms with Crippen molar-refractivity contribution in [2.45, 2.75) is 10.6 Å². The zero-order chi connectivity index (χ0) is 17.3. The number of carbonyl (C=O) groups excluding carboxylic acids is 1. The maximum Gasteiger partial charge on any atom is 0.300 e. The first-order chi connectivity index (χ1) is 12.3. The standard InChI is InChI=1S/C21H16N2OS/c24-21(13-8-17-5-2-1-3-6-17)23-19-9-11-20(12-10-19)25-16-18-7-4-14-22-15-18/h1-7,9-12,14-15H,16H2,(H,23,24). The summed E-state index contributed by atoms with van der Waals surface area (Å²) in [6.45, 7) is 0. The third-order valence-corrected chi connectivity index (χ3v) is 4.42. The van der Waals surface area contributed by atoms with Crippen LogP contribution in [0.3, 0.4) is 0 Å². The van der Waals surface area contributed by atoms with E-state index in [0.29, 0.717) is 0 Å². The average molecular weight is 344 g/mol. The highest BCUT2D eigenvalue weighted by atomic mass is 32.2. The van der Waals surface area contributed by atoms with Crippen molar-refractivity contribution in [3.05, 3.63) is 90.3 Å². The van der Waals surface area contributed by atoms with E-state index in [4.69, 9.17) is 0 Å². The van der Waals surface area contributed by atoms with Gasteiger partial charge in [-0.2, -0.15) is 0 Å². The topological polar surface area (TPSA) is 42.0 Å². The Hall–Kier alpha value is -3.03. The lowest BCUT2D eigenvalue weighted by Gasteiger charge is -2.04. The summed E-state index contributed by atoms with van der Waals surface area (Å²) in [5.41, 5.74) is 2.74. The second-order valence-electron chi connectivity index (χ2n) is 5.24. The van der Waals surface area contributed by atoms with Crippen molar-refractivity contribution < 1.29 is 4.79 Å². The molecular formula is C21H16N2OS. The normalized spacial score (nSPS) is 9.76. The Bertz CT molecular complexity index is 882. The van der Waals surface area contributed by atoms with E-state index in [0.717, 1.165) is 21.9 Å². The minimum atomic E-state index is -0.320. The number of nitrogens with zero attached hydrogens (tertiary/aromatic N) is 1. The highest BCUT2D eigenvalue weighted by molar-refractivity contribution is 7.98. The number of hydrogen-bond donors (Lipinski definition) is 1. The van der Waals surface area contributed by atoms with Gasteiger partial charge in [-0.05, 0) is 48.0 Å². The summed E-state index contributed by atoms with van der Waals surface area (Å²) in [4.78, 5) is 17.1.